The zero-order valence-corrected chi connectivity index (χ0v) is 15.9. The second-order valence-corrected chi connectivity index (χ2v) is 7.09. The Hall–Kier alpha value is -2.37. The standard InChI is InChI=1S/C20H28N2O4/c1-5-11-26-19-12-15(4)17(13-18(19)22(24)25)20(23)21(14(2)3)16-9-7-6-8-10-16/h5,12-14,16H,1,6-11H2,2-4H3. The molecule has 0 unspecified atom stereocenters. The Morgan fingerprint density at radius 2 is 2.04 bits per heavy atom. The Labute approximate surface area is 155 Å². The molecule has 0 saturated heterocycles. The number of ether oxygens (including phenoxy) is 1. The molecule has 0 heterocycles. The van der Waals surface area contributed by atoms with E-state index in [1.165, 1.54) is 18.6 Å². The molecule has 1 saturated carbocycles. The van der Waals surface area contributed by atoms with Crippen LogP contribution in [0, 0.1) is 17.0 Å². The Bertz CT molecular complexity index is 679. The van der Waals surface area contributed by atoms with E-state index in [1.54, 1.807) is 13.0 Å². The predicted molar refractivity (Wildman–Crippen MR) is 102 cm³/mol. The van der Waals surface area contributed by atoms with Gasteiger partial charge in [-0.3, -0.25) is 14.9 Å². The molecule has 0 N–H and O–H groups in total. The number of nitro groups is 1. The van der Waals surface area contributed by atoms with Crippen LogP contribution in [0.15, 0.2) is 24.8 Å². The van der Waals surface area contributed by atoms with Crippen molar-refractivity contribution in [1.29, 1.82) is 0 Å². The highest BCUT2D eigenvalue weighted by atomic mass is 16.6. The van der Waals surface area contributed by atoms with Crippen molar-refractivity contribution in [2.24, 2.45) is 0 Å². The summed E-state index contributed by atoms with van der Waals surface area (Å²) in [4.78, 5) is 26.1. The highest BCUT2D eigenvalue weighted by Gasteiger charge is 2.31. The van der Waals surface area contributed by atoms with Crippen molar-refractivity contribution in [3.05, 3.63) is 46.0 Å². The first-order valence-corrected chi connectivity index (χ1v) is 9.22. The van der Waals surface area contributed by atoms with E-state index in [0.717, 1.165) is 25.7 Å². The number of hydrogen-bond acceptors (Lipinski definition) is 4. The van der Waals surface area contributed by atoms with E-state index >= 15 is 0 Å². The molecular formula is C20H28N2O4. The van der Waals surface area contributed by atoms with Crippen molar-refractivity contribution in [1.82, 2.24) is 4.90 Å². The molecule has 0 bridgehead atoms. The Balaban J connectivity index is 2.40. The number of amides is 1. The number of nitrogens with zero attached hydrogens (tertiary/aromatic N) is 2. The highest BCUT2D eigenvalue weighted by Crippen LogP contribution is 2.33. The molecule has 0 atom stereocenters. The van der Waals surface area contributed by atoms with E-state index in [1.807, 2.05) is 18.7 Å². The summed E-state index contributed by atoms with van der Waals surface area (Å²) >= 11 is 0. The predicted octanol–water partition coefficient (Wildman–Crippen LogP) is 4.65. The minimum Gasteiger partial charge on any atom is -0.483 e. The summed E-state index contributed by atoms with van der Waals surface area (Å²) in [5.74, 6) is 0.0282. The van der Waals surface area contributed by atoms with E-state index < -0.39 is 4.92 Å². The topological polar surface area (TPSA) is 72.7 Å². The SMILES string of the molecule is C=CCOc1cc(C)c(C(=O)N(C(C)C)C2CCCCC2)cc1[N+](=O)[O-]. The van der Waals surface area contributed by atoms with Crippen molar-refractivity contribution in [2.75, 3.05) is 6.61 Å². The summed E-state index contributed by atoms with van der Waals surface area (Å²) in [6.07, 6.45) is 6.96. The summed E-state index contributed by atoms with van der Waals surface area (Å²) in [6.45, 7) is 9.52. The van der Waals surface area contributed by atoms with E-state index in [9.17, 15) is 14.9 Å². The van der Waals surface area contributed by atoms with Crippen molar-refractivity contribution in [2.45, 2.75) is 65.0 Å². The van der Waals surface area contributed by atoms with Gasteiger partial charge in [-0.05, 0) is 45.2 Å². The molecule has 1 aliphatic rings. The number of aryl methyl sites for hydroxylation is 1. The Kier molecular flexibility index (Phi) is 6.77. The number of nitro benzene ring substituents is 1. The molecule has 1 fully saturated rings. The summed E-state index contributed by atoms with van der Waals surface area (Å²) in [5, 5.41) is 11.5. The third-order valence-electron chi connectivity index (χ3n) is 4.85. The molecule has 1 amide bonds. The van der Waals surface area contributed by atoms with Gasteiger partial charge in [0.1, 0.15) is 6.61 Å². The highest BCUT2D eigenvalue weighted by molar-refractivity contribution is 5.97. The van der Waals surface area contributed by atoms with Crippen LogP contribution in [-0.4, -0.2) is 34.4 Å². The summed E-state index contributed by atoms with van der Waals surface area (Å²) in [7, 11) is 0. The minimum absolute atomic E-state index is 0.0424. The monoisotopic (exact) mass is 360 g/mol. The summed E-state index contributed by atoms with van der Waals surface area (Å²) in [5.41, 5.74) is 0.871. The molecule has 26 heavy (non-hydrogen) atoms. The van der Waals surface area contributed by atoms with Gasteiger partial charge in [0.15, 0.2) is 5.75 Å². The first-order chi connectivity index (χ1) is 12.4. The van der Waals surface area contributed by atoms with Crippen LogP contribution in [0.2, 0.25) is 0 Å². The summed E-state index contributed by atoms with van der Waals surface area (Å²) in [6, 6.07) is 3.18. The van der Waals surface area contributed by atoms with Gasteiger partial charge in [-0.15, -0.1) is 0 Å². The van der Waals surface area contributed by atoms with Gasteiger partial charge < -0.3 is 9.64 Å². The third-order valence-corrected chi connectivity index (χ3v) is 4.85. The molecule has 0 radical (unpaired) electrons. The van der Waals surface area contributed by atoms with Crippen LogP contribution >= 0.6 is 0 Å². The number of rotatable bonds is 7. The van der Waals surface area contributed by atoms with Gasteiger partial charge in [0.2, 0.25) is 0 Å². The van der Waals surface area contributed by atoms with Crippen LogP contribution in [0.1, 0.15) is 61.9 Å². The number of carbonyl (C=O) groups is 1. The molecule has 1 aromatic rings. The van der Waals surface area contributed by atoms with Crippen LogP contribution < -0.4 is 4.74 Å². The Morgan fingerprint density at radius 1 is 1.38 bits per heavy atom. The second kappa shape index (κ2) is 8.83. The fraction of sp³-hybridized carbons (Fsp3) is 0.550. The molecule has 142 valence electrons. The van der Waals surface area contributed by atoms with Crippen LogP contribution in [0.25, 0.3) is 0 Å². The second-order valence-electron chi connectivity index (χ2n) is 7.09. The molecule has 0 aromatic heterocycles. The smallest absolute Gasteiger partial charge is 0.311 e. The number of carbonyl (C=O) groups excluding carboxylic acids is 1. The van der Waals surface area contributed by atoms with Gasteiger partial charge in [-0.1, -0.05) is 31.9 Å². The minimum atomic E-state index is -0.505. The van der Waals surface area contributed by atoms with Crippen molar-refractivity contribution >= 4 is 11.6 Å². The molecular weight excluding hydrogens is 332 g/mol. The van der Waals surface area contributed by atoms with Crippen molar-refractivity contribution in [3.8, 4) is 5.75 Å². The molecule has 6 heteroatoms. The average molecular weight is 360 g/mol. The van der Waals surface area contributed by atoms with Crippen LogP contribution in [0.3, 0.4) is 0 Å². The zero-order chi connectivity index (χ0) is 19.3. The van der Waals surface area contributed by atoms with Gasteiger partial charge in [0.05, 0.1) is 4.92 Å². The first kappa shape index (κ1) is 19.9. The molecule has 0 aliphatic heterocycles. The van der Waals surface area contributed by atoms with Gasteiger partial charge in [-0.2, -0.15) is 0 Å². The maximum absolute atomic E-state index is 13.3. The maximum Gasteiger partial charge on any atom is 0.311 e. The van der Waals surface area contributed by atoms with Gasteiger partial charge >= 0.3 is 5.69 Å². The molecule has 0 spiro atoms. The molecule has 1 aliphatic carbocycles. The summed E-state index contributed by atoms with van der Waals surface area (Å²) < 4.78 is 5.40. The normalized spacial score (nSPS) is 14.9. The quantitative estimate of drug-likeness (QED) is 0.403. The van der Waals surface area contributed by atoms with Crippen molar-refractivity contribution < 1.29 is 14.5 Å². The van der Waals surface area contributed by atoms with Crippen LogP contribution in [0.4, 0.5) is 5.69 Å². The van der Waals surface area contributed by atoms with Gasteiger partial charge in [0, 0.05) is 23.7 Å². The number of benzene rings is 1. The maximum atomic E-state index is 13.3. The fourth-order valence-electron chi connectivity index (χ4n) is 3.63. The average Bonchev–Trinajstić information content (AvgIpc) is 2.60. The molecule has 1 aromatic carbocycles. The van der Waals surface area contributed by atoms with E-state index in [0.29, 0.717) is 11.1 Å². The van der Waals surface area contributed by atoms with Crippen LogP contribution in [-0.2, 0) is 0 Å². The zero-order valence-electron chi connectivity index (χ0n) is 15.9. The van der Waals surface area contributed by atoms with E-state index in [-0.39, 0.29) is 36.0 Å². The lowest BCUT2D eigenvalue weighted by Crippen LogP contribution is -2.46. The van der Waals surface area contributed by atoms with E-state index in [2.05, 4.69) is 6.58 Å². The Morgan fingerprint density at radius 3 is 2.58 bits per heavy atom. The lowest BCUT2D eigenvalue weighted by Gasteiger charge is -2.37. The van der Waals surface area contributed by atoms with E-state index in [4.69, 9.17) is 4.74 Å². The largest absolute Gasteiger partial charge is 0.483 e. The van der Waals surface area contributed by atoms with Gasteiger partial charge in [0.25, 0.3) is 5.91 Å². The lowest BCUT2D eigenvalue weighted by molar-refractivity contribution is -0.385. The van der Waals surface area contributed by atoms with Crippen molar-refractivity contribution in [3.63, 3.8) is 0 Å². The molecule has 6 nitrogen and oxygen atoms in total. The fourth-order valence-corrected chi connectivity index (χ4v) is 3.63. The number of hydrogen-bond donors (Lipinski definition) is 0. The third kappa shape index (κ3) is 4.42. The lowest BCUT2D eigenvalue weighted by atomic mass is 9.92. The molecule has 2 rings (SSSR count). The van der Waals surface area contributed by atoms with Gasteiger partial charge in [-0.25, -0.2) is 0 Å². The first-order valence-electron chi connectivity index (χ1n) is 9.22. The van der Waals surface area contributed by atoms with Crippen LogP contribution in [0.5, 0.6) is 5.75 Å².